The van der Waals surface area contributed by atoms with Gasteiger partial charge in [0.05, 0.1) is 6.17 Å². The molecule has 1 unspecified atom stereocenters. The Morgan fingerprint density at radius 3 is 2.83 bits per heavy atom. The van der Waals surface area contributed by atoms with E-state index in [-0.39, 0.29) is 6.17 Å². The van der Waals surface area contributed by atoms with Crippen LogP contribution in [0.25, 0.3) is 0 Å². The van der Waals surface area contributed by atoms with Crippen LogP contribution < -0.4 is 16.8 Å². The molecule has 0 bridgehead atoms. The summed E-state index contributed by atoms with van der Waals surface area (Å²) in [5.74, 6) is 0. The van der Waals surface area contributed by atoms with Crippen molar-refractivity contribution in [2.24, 2.45) is 11.5 Å². The molecule has 1 aromatic carbocycles. The fraction of sp³-hybridized carbons (Fsp3) is 0.333. The van der Waals surface area contributed by atoms with Crippen molar-refractivity contribution in [2.75, 3.05) is 5.32 Å². The zero-order valence-corrected chi connectivity index (χ0v) is 7.25. The van der Waals surface area contributed by atoms with E-state index < -0.39 is 0 Å². The van der Waals surface area contributed by atoms with Crippen molar-refractivity contribution in [1.29, 1.82) is 0 Å². The lowest BCUT2D eigenvalue weighted by Gasteiger charge is -2.10. The molecule has 3 nitrogen and oxygen atoms in total. The van der Waals surface area contributed by atoms with E-state index in [1.807, 2.05) is 31.2 Å². The summed E-state index contributed by atoms with van der Waals surface area (Å²) in [5.41, 5.74) is 13.2. The number of nitrogens with two attached hydrogens (primary N) is 2. The summed E-state index contributed by atoms with van der Waals surface area (Å²) in [6, 6.07) is 7.94. The number of nitrogens with one attached hydrogen (secondary N) is 1. The highest BCUT2D eigenvalue weighted by Gasteiger charge is 1.95. The molecule has 0 saturated carbocycles. The number of hydrogen-bond acceptors (Lipinski definition) is 3. The summed E-state index contributed by atoms with van der Waals surface area (Å²) in [5, 5.41) is 3.10. The summed E-state index contributed by atoms with van der Waals surface area (Å²) in [7, 11) is 0. The third-order valence-electron chi connectivity index (χ3n) is 1.56. The molecule has 0 aliphatic heterocycles. The Bertz CT molecular complexity index is 245. The van der Waals surface area contributed by atoms with Gasteiger partial charge in [-0.15, -0.1) is 0 Å². The number of benzene rings is 1. The lowest BCUT2D eigenvalue weighted by molar-refractivity contribution is 0.851. The zero-order valence-electron chi connectivity index (χ0n) is 7.25. The highest BCUT2D eigenvalue weighted by atomic mass is 15.0. The Morgan fingerprint density at radius 1 is 1.50 bits per heavy atom. The fourth-order valence-corrected chi connectivity index (χ4v) is 1.05. The van der Waals surface area contributed by atoms with Gasteiger partial charge in [-0.1, -0.05) is 12.1 Å². The first kappa shape index (κ1) is 9.03. The molecule has 5 N–H and O–H groups in total. The molecular formula is C9H15N3. The molecule has 0 aliphatic rings. The maximum atomic E-state index is 5.57. The lowest BCUT2D eigenvalue weighted by atomic mass is 10.2. The van der Waals surface area contributed by atoms with Crippen LogP contribution in [0.15, 0.2) is 24.3 Å². The van der Waals surface area contributed by atoms with Crippen LogP contribution in [0.3, 0.4) is 0 Å². The maximum absolute atomic E-state index is 5.57. The highest BCUT2D eigenvalue weighted by molar-refractivity contribution is 5.46. The van der Waals surface area contributed by atoms with E-state index in [4.69, 9.17) is 11.5 Å². The number of rotatable bonds is 3. The van der Waals surface area contributed by atoms with Gasteiger partial charge in [-0.2, -0.15) is 0 Å². The van der Waals surface area contributed by atoms with Crippen LogP contribution in [-0.4, -0.2) is 6.17 Å². The van der Waals surface area contributed by atoms with Crippen molar-refractivity contribution in [1.82, 2.24) is 0 Å². The van der Waals surface area contributed by atoms with Crippen LogP contribution in [0.5, 0.6) is 0 Å². The highest BCUT2D eigenvalue weighted by Crippen LogP contribution is 2.09. The summed E-state index contributed by atoms with van der Waals surface area (Å²) < 4.78 is 0. The van der Waals surface area contributed by atoms with Crippen molar-refractivity contribution in [2.45, 2.75) is 19.6 Å². The molecule has 0 aliphatic carbocycles. The van der Waals surface area contributed by atoms with E-state index in [9.17, 15) is 0 Å². The van der Waals surface area contributed by atoms with Gasteiger partial charge in [-0.25, -0.2) is 0 Å². The van der Waals surface area contributed by atoms with Gasteiger partial charge in [0.1, 0.15) is 0 Å². The third kappa shape index (κ3) is 2.53. The van der Waals surface area contributed by atoms with Gasteiger partial charge in [0.25, 0.3) is 0 Å². The van der Waals surface area contributed by atoms with Gasteiger partial charge in [-0.05, 0) is 24.6 Å². The smallest absolute Gasteiger partial charge is 0.0714 e. The molecular weight excluding hydrogens is 150 g/mol. The normalized spacial score (nSPS) is 12.6. The van der Waals surface area contributed by atoms with Crippen molar-refractivity contribution in [3.63, 3.8) is 0 Å². The van der Waals surface area contributed by atoms with Gasteiger partial charge in [0, 0.05) is 12.2 Å². The minimum absolute atomic E-state index is 0.0296. The van der Waals surface area contributed by atoms with Crippen LogP contribution in [-0.2, 0) is 6.54 Å². The van der Waals surface area contributed by atoms with Crippen molar-refractivity contribution >= 4 is 5.69 Å². The van der Waals surface area contributed by atoms with E-state index in [1.165, 1.54) is 0 Å². The Kier molecular flexibility index (Phi) is 3.08. The molecule has 66 valence electrons. The molecule has 12 heavy (non-hydrogen) atoms. The van der Waals surface area contributed by atoms with E-state index in [2.05, 4.69) is 5.32 Å². The average Bonchev–Trinajstić information content (AvgIpc) is 2.03. The molecule has 0 radical (unpaired) electrons. The van der Waals surface area contributed by atoms with Gasteiger partial charge >= 0.3 is 0 Å². The monoisotopic (exact) mass is 165 g/mol. The van der Waals surface area contributed by atoms with Crippen LogP contribution in [0, 0.1) is 0 Å². The first-order valence-electron chi connectivity index (χ1n) is 4.03. The van der Waals surface area contributed by atoms with Crippen molar-refractivity contribution in [3.8, 4) is 0 Å². The molecule has 1 rings (SSSR count). The average molecular weight is 165 g/mol. The zero-order chi connectivity index (χ0) is 8.97. The topological polar surface area (TPSA) is 64.1 Å². The standard InChI is InChI=1S/C9H15N3/c1-7(11)12-9-4-2-3-8(5-9)6-10/h2-5,7,12H,6,10-11H2,1H3. The van der Waals surface area contributed by atoms with Crippen molar-refractivity contribution in [3.05, 3.63) is 29.8 Å². The molecule has 1 atom stereocenters. The summed E-state index contributed by atoms with van der Waals surface area (Å²) in [6.07, 6.45) is -0.0296. The van der Waals surface area contributed by atoms with E-state index in [0.29, 0.717) is 6.54 Å². The summed E-state index contributed by atoms with van der Waals surface area (Å²) in [6.45, 7) is 2.46. The fourth-order valence-electron chi connectivity index (χ4n) is 1.05. The SMILES string of the molecule is CC(N)Nc1cccc(CN)c1. The molecule has 0 amide bonds. The molecule has 3 heteroatoms. The Labute approximate surface area is 72.8 Å². The minimum atomic E-state index is -0.0296. The first-order chi connectivity index (χ1) is 5.72. The van der Waals surface area contributed by atoms with Crippen LogP contribution in [0.4, 0.5) is 5.69 Å². The second-order valence-electron chi connectivity index (χ2n) is 2.84. The molecule has 0 heterocycles. The summed E-state index contributed by atoms with van der Waals surface area (Å²) >= 11 is 0. The summed E-state index contributed by atoms with van der Waals surface area (Å²) in [4.78, 5) is 0. The number of anilines is 1. The molecule has 1 aromatic rings. The third-order valence-corrected chi connectivity index (χ3v) is 1.56. The van der Waals surface area contributed by atoms with Crippen LogP contribution in [0.1, 0.15) is 12.5 Å². The Morgan fingerprint density at radius 2 is 2.25 bits per heavy atom. The van der Waals surface area contributed by atoms with Gasteiger partial charge in [-0.3, -0.25) is 0 Å². The molecule has 0 spiro atoms. The Balaban J connectivity index is 2.72. The minimum Gasteiger partial charge on any atom is -0.370 e. The second kappa shape index (κ2) is 4.09. The van der Waals surface area contributed by atoms with Gasteiger partial charge < -0.3 is 16.8 Å². The van der Waals surface area contributed by atoms with Gasteiger partial charge in [0.2, 0.25) is 0 Å². The molecule has 0 aromatic heterocycles. The van der Waals surface area contributed by atoms with E-state index in [0.717, 1.165) is 11.3 Å². The lowest BCUT2D eigenvalue weighted by Crippen LogP contribution is -2.25. The first-order valence-corrected chi connectivity index (χ1v) is 4.03. The Hall–Kier alpha value is -1.06. The van der Waals surface area contributed by atoms with E-state index >= 15 is 0 Å². The van der Waals surface area contributed by atoms with Crippen molar-refractivity contribution < 1.29 is 0 Å². The predicted octanol–water partition coefficient (Wildman–Crippen LogP) is 0.862. The molecule has 0 saturated heterocycles. The predicted molar refractivity (Wildman–Crippen MR) is 51.6 cm³/mol. The van der Waals surface area contributed by atoms with Crippen LogP contribution >= 0.6 is 0 Å². The van der Waals surface area contributed by atoms with Crippen LogP contribution in [0.2, 0.25) is 0 Å². The number of hydrogen-bond donors (Lipinski definition) is 3. The second-order valence-corrected chi connectivity index (χ2v) is 2.84. The quantitative estimate of drug-likeness (QED) is 0.582. The molecule has 0 fully saturated rings. The van der Waals surface area contributed by atoms with E-state index in [1.54, 1.807) is 0 Å². The maximum Gasteiger partial charge on any atom is 0.0714 e. The largest absolute Gasteiger partial charge is 0.370 e. The van der Waals surface area contributed by atoms with Gasteiger partial charge in [0.15, 0.2) is 0 Å².